The van der Waals surface area contributed by atoms with Gasteiger partial charge in [-0.1, -0.05) is 31.5 Å². The summed E-state index contributed by atoms with van der Waals surface area (Å²) in [5.41, 5.74) is -0.220. The molecule has 14 heteroatoms. The molecule has 0 N–H and O–H groups in total. The first-order valence-electron chi connectivity index (χ1n) is 18.0. The van der Waals surface area contributed by atoms with Gasteiger partial charge in [-0.25, -0.2) is 13.6 Å². The first-order valence-corrected chi connectivity index (χ1v) is 18.4. The minimum Gasteiger partial charge on any atom is -0.496 e. The number of amides is 2. The van der Waals surface area contributed by atoms with E-state index in [1.165, 1.54) is 45.7 Å². The Kier molecular flexibility index (Phi) is 10.4. The summed E-state index contributed by atoms with van der Waals surface area (Å²) in [5.74, 6) is -2.26. The fourth-order valence-corrected chi connectivity index (χ4v) is 7.73. The normalized spacial score (nSPS) is 17.4. The highest BCUT2D eigenvalue weighted by Gasteiger charge is 2.48. The second-order valence-corrected chi connectivity index (χ2v) is 16.0. The molecular weight excluding hydrogens is 718 g/mol. The molecule has 4 heterocycles. The molecular formula is C40H47ClF2N6O5. The maximum atomic E-state index is 17.9. The number of likely N-dealkylation sites (N-methyl/N-ethyl adjacent to an activating group) is 1. The van der Waals surface area contributed by atoms with Crippen molar-refractivity contribution in [2.75, 3.05) is 57.2 Å². The largest absolute Gasteiger partial charge is 0.496 e. The number of halogens is 3. The lowest BCUT2D eigenvalue weighted by Crippen LogP contribution is -2.67. The van der Waals surface area contributed by atoms with Crippen molar-refractivity contribution >= 4 is 45.9 Å². The molecule has 6 rings (SSSR count). The number of carbonyl (C=O) groups excluding carboxylic acids is 2. The van der Waals surface area contributed by atoms with Gasteiger partial charge in [0.05, 0.1) is 46.8 Å². The Morgan fingerprint density at radius 1 is 1.07 bits per heavy atom. The van der Waals surface area contributed by atoms with Gasteiger partial charge in [-0.3, -0.25) is 19.1 Å². The van der Waals surface area contributed by atoms with E-state index in [2.05, 4.69) is 4.98 Å². The van der Waals surface area contributed by atoms with Gasteiger partial charge in [-0.05, 0) is 84.5 Å². The minimum atomic E-state index is -0.951. The number of carbonyl (C=O) groups is 2. The zero-order valence-electron chi connectivity index (χ0n) is 32.4. The predicted molar refractivity (Wildman–Crippen MR) is 208 cm³/mol. The number of benzene rings is 2. The molecule has 2 aliphatic rings. The van der Waals surface area contributed by atoms with Crippen molar-refractivity contribution in [3.05, 3.63) is 74.8 Å². The maximum Gasteiger partial charge on any atom is 0.410 e. The summed E-state index contributed by atoms with van der Waals surface area (Å²) < 4.78 is 46.0. The van der Waals surface area contributed by atoms with Crippen LogP contribution in [0.25, 0.3) is 27.7 Å². The summed E-state index contributed by atoms with van der Waals surface area (Å²) in [6, 6.07) is 5.98. The van der Waals surface area contributed by atoms with Crippen LogP contribution < -0.4 is 20.1 Å². The minimum absolute atomic E-state index is 0.0443. The van der Waals surface area contributed by atoms with Crippen LogP contribution in [0.1, 0.15) is 58.7 Å². The number of nitrogens with zero attached hydrogens (tertiary/aromatic N) is 6. The number of pyridine rings is 2. The van der Waals surface area contributed by atoms with Gasteiger partial charge in [-0.15, -0.1) is 0 Å². The van der Waals surface area contributed by atoms with E-state index in [4.69, 9.17) is 21.1 Å². The SMILES string of the molecule is COc1cccc(F)c1-c1c(Cl)cc2c3c(c(=O)n(-c4c(C)ccnc4C(C)C)c2c1F)N(CCN(C)C)C(=O)[C@H]1CN(C(=O)OC(C)(C)C)[C@H](C)CN31. The molecule has 2 amide bonds. The topological polar surface area (TPSA) is 100 Å². The van der Waals surface area contributed by atoms with Gasteiger partial charge in [0.25, 0.3) is 11.5 Å². The van der Waals surface area contributed by atoms with Gasteiger partial charge >= 0.3 is 6.09 Å². The lowest BCUT2D eigenvalue weighted by molar-refractivity contribution is -0.121. The Hall–Kier alpha value is -4.75. The number of ether oxygens (including phenoxy) is 2. The maximum absolute atomic E-state index is 17.9. The smallest absolute Gasteiger partial charge is 0.410 e. The fraction of sp³-hybridized carbons (Fsp3) is 0.450. The first-order chi connectivity index (χ1) is 25.4. The van der Waals surface area contributed by atoms with E-state index in [1.807, 2.05) is 39.8 Å². The summed E-state index contributed by atoms with van der Waals surface area (Å²) >= 11 is 7.00. The molecule has 288 valence electrons. The van der Waals surface area contributed by atoms with Crippen LogP contribution in [0.15, 0.2) is 41.3 Å². The number of aromatic nitrogens is 2. The lowest BCUT2D eigenvalue weighted by Gasteiger charge is -2.50. The predicted octanol–water partition coefficient (Wildman–Crippen LogP) is 7.15. The summed E-state index contributed by atoms with van der Waals surface area (Å²) in [6.45, 7) is 13.4. The molecule has 2 aromatic heterocycles. The lowest BCUT2D eigenvalue weighted by atomic mass is 9.95. The van der Waals surface area contributed by atoms with Crippen LogP contribution in [0.5, 0.6) is 5.75 Å². The standard InChI is InChI=1S/C40H47ClF2N6O5/c1-21(2)32-33(22(3)14-15-44-32)49-34-24(18-25(41)29(31(34)43)30-26(42)12-11-13-28(30)53-10)35-36(38(49)51)46(17-16-45(8)9)37(50)27-20-47(23(4)19-48(27)35)39(52)54-40(5,6)7/h11-15,18,21,23,27H,16-17,19-20H2,1-10H3/t23-,27-/m1/s1. The molecule has 1 saturated heterocycles. The molecule has 4 aromatic rings. The van der Waals surface area contributed by atoms with E-state index in [0.29, 0.717) is 29.2 Å². The molecule has 0 aliphatic carbocycles. The molecule has 11 nitrogen and oxygen atoms in total. The van der Waals surface area contributed by atoms with Crippen LogP contribution in [0.3, 0.4) is 0 Å². The van der Waals surface area contributed by atoms with Crippen LogP contribution in [0.4, 0.5) is 25.0 Å². The molecule has 0 radical (unpaired) electrons. The van der Waals surface area contributed by atoms with Crippen molar-refractivity contribution in [3.8, 4) is 22.6 Å². The van der Waals surface area contributed by atoms with Gasteiger partial charge in [0.15, 0.2) is 5.82 Å². The van der Waals surface area contributed by atoms with E-state index in [1.54, 1.807) is 44.9 Å². The Balaban J connectivity index is 1.76. The molecule has 0 bridgehead atoms. The number of fused-ring (bicyclic) bond motifs is 5. The number of methoxy groups -OCH3 is 1. The van der Waals surface area contributed by atoms with Crippen molar-refractivity contribution in [2.24, 2.45) is 0 Å². The molecule has 0 spiro atoms. The van der Waals surface area contributed by atoms with E-state index in [0.717, 1.165) is 0 Å². The van der Waals surface area contributed by atoms with Crippen LogP contribution in [0.2, 0.25) is 5.02 Å². The van der Waals surface area contributed by atoms with Gasteiger partial charge in [0, 0.05) is 42.8 Å². The van der Waals surface area contributed by atoms with E-state index in [9.17, 15) is 9.59 Å². The zero-order chi connectivity index (χ0) is 39.5. The van der Waals surface area contributed by atoms with Crippen LogP contribution in [-0.4, -0.2) is 96.4 Å². The summed E-state index contributed by atoms with van der Waals surface area (Å²) in [4.78, 5) is 54.9. The molecule has 0 saturated carbocycles. The van der Waals surface area contributed by atoms with Gasteiger partial charge < -0.3 is 29.1 Å². The number of hydrogen-bond donors (Lipinski definition) is 0. The number of anilines is 2. The molecule has 0 unspecified atom stereocenters. The van der Waals surface area contributed by atoms with Crippen molar-refractivity contribution in [3.63, 3.8) is 0 Å². The van der Waals surface area contributed by atoms with E-state index < -0.39 is 41.0 Å². The second kappa shape index (κ2) is 14.5. The van der Waals surface area contributed by atoms with Crippen LogP contribution in [-0.2, 0) is 9.53 Å². The Bertz CT molecular complexity index is 2220. The highest BCUT2D eigenvalue weighted by molar-refractivity contribution is 6.35. The highest BCUT2D eigenvalue weighted by atomic mass is 35.5. The molecule has 2 aliphatic heterocycles. The van der Waals surface area contributed by atoms with Gasteiger partial charge in [0.1, 0.15) is 28.9 Å². The average Bonchev–Trinajstić information content (AvgIpc) is 3.08. The van der Waals surface area contributed by atoms with E-state index >= 15 is 13.6 Å². The van der Waals surface area contributed by atoms with Crippen molar-refractivity contribution < 1.29 is 27.8 Å². The number of hydrogen-bond acceptors (Lipinski definition) is 8. The third-order valence-corrected chi connectivity index (χ3v) is 10.2. The summed E-state index contributed by atoms with van der Waals surface area (Å²) in [5, 5.41) is 0.103. The van der Waals surface area contributed by atoms with Crippen molar-refractivity contribution in [1.82, 2.24) is 19.4 Å². The highest BCUT2D eigenvalue weighted by Crippen LogP contribution is 2.48. The third kappa shape index (κ3) is 6.65. The van der Waals surface area contributed by atoms with Crippen molar-refractivity contribution in [1.29, 1.82) is 0 Å². The number of aryl methyl sites for hydroxylation is 1. The van der Waals surface area contributed by atoms with Gasteiger partial charge in [0.2, 0.25) is 0 Å². The van der Waals surface area contributed by atoms with Gasteiger partial charge in [-0.2, -0.15) is 0 Å². The third-order valence-electron chi connectivity index (χ3n) is 9.92. The second-order valence-electron chi connectivity index (χ2n) is 15.6. The number of rotatable bonds is 7. The zero-order valence-corrected chi connectivity index (χ0v) is 33.1. The Labute approximate surface area is 319 Å². The van der Waals surface area contributed by atoms with Crippen molar-refractivity contribution in [2.45, 2.75) is 72.1 Å². The van der Waals surface area contributed by atoms with E-state index in [-0.39, 0.29) is 69.9 Å². The molecule has 1 fully saturated rings. The Morgan fingerprint density at radius 3 is 2.41 bits per heavy atom. The first kappa shape index (κ1) is 39.0. The summed E-state index contributed by atoms with van der Waals surface area (Å²) in [7, 11) is 5.06. The Morgan fingerprint density at radius 2 is 1.78 bits per heavy atom. The molecule has 2 atom stereocenters. The van der Waals surface area contributed by atoms with Crippen LogP contribution in [0, 0.1) is 18.6 Å². The summed E-state index contributed by atoms with van der Waals surface area (Å²) in [6.07, 6.45) is 1.06. The average molecular weight is 765 g/mol. The molecule has 2 aromatic carbocycles. The van der Waals surface area contributed by atoms with Crippen LogP contribution >= 0.6 is 11.6 Å². The number of piperazine rings is 1. The fourth-order valence-electron chi connectivity index (χ4n) is 7.44. The molecule has 54 heavy (non-hydrogen) atoms. The quantitative estimate of drug-likeness (QED) is 0.196. The monoisotopic (exact) mass is 764 g/mol.